The Bertz CT molecular complexity index is 75.0. The van der Waals surface area contributed by atoms with E-state index >= 15 is 0 Å². The van der Waals surface area contributed by atoms with Gasteiger partial charge < -0.3 is 8.23 Å². The molecule has 1 radical (unpaired) electrons. The van der Waals surface area contributed by atoms with Crippen molar-refractivity contribution in [2.75, 3.05) is 0 Å². The molecule has 0 amide bonds. The Hall–Kier alpha value is 0.354. The van der Waals surface area contributed by atoms with Gasteiger partial charge in [-0.2, -0.15) is 0 Å². The van der Waals surface area contributed by atoms with Crippen molar-refractivity contribution >= 4 is 17.8 Å². The smallest absolute Gasteiger partial charge is 0.362 e. The van der Waals surface area contributed by atoms with E-state index in [1.165, 1.54) is 0 Å². The maximum Gasteiger partial charge on any atom is 0.362 e. The first-order valence-electron chi connectivity index (χ1n) is 2.32. The van der Waals surface area contributed by atoms with Gasteiger partial charge >= 0.3 is 17.8 Å². The van der Waals surface area contributed by atoms with Crippen molar-refractivity contribution in [3.63, 3.8) is 0 Å². The summed E-state index contributed by atoms with van der Waals surface area (Å²) in [6, 6.07) is 0. The van der Waals surface area contributed by atoms with E-state index in [9.17, 15) is 0 Å². The Morgan fingerprint density at radius 2 is 1.71 bits per heavy atom. The molecule has 0 aliphatic carbocycles. The van der Waals surface area contributed by atoms with Crippen molar-refractivity contribution in [1.29, 1.82) is 0 Å². The van der Waals surface area contributed by atoms with Crippen LogP contribution in [0.5, 0.6) is 0 Å². The van der Waals surface area contributed by atoms with Gasteiger partial charge in [-0.05, 0) is 19.6 Å². The Morgan fingerprint density at radius 3 is 1.71 bits per heavy atom. The normalized spacial score (nSPS) is 29.6. The predicted molar refractivity (Wildman–Crippen MR) is 31.3 cm³/mol. The highest BCUT2D eigenvalue weighted by atomic mass is 28.5. The van der Waals surface area contributed by atoms with Gasteiger partial charge in [-0.25, -0.2) is 0 Å². The lowest BCUT2D eigenvalue weighted by Crippen LogP contribution is -2.55. The van der Waals surface area contributed by atoms with E-state index in [0.29, 0.717) is 0 Å². The van der Waals surface area contributed by atoms with Crippen molar-refractivity contribution in [2.45, 2.75) is 19.6 Å². The van der Waals surface area contributed by atoms with Gasteiger partial charge in [0, 0.05) is 0 Å². The lowest BCUT2D eigenvalue weighted by molar-refractivity contribution is 0.265. The summed E-state index contributed by atoms with van der Waals surface area (Å²) in [5.74, 6) is 0. The topological polar surface area (TPSA) is 18.5 Å². The molecule has 1 aliphatic heterocycles. The summed E-state index contributed by atoms with van der Waals surface area (Å²) in [6.45, 7) is 6.14. The second kappa shape index (κ2) is 1.41. The highest BCUT2D eigenvalue weighted by Gasteiger charge is 2.40. The van der Waals surface area contributed by atoms with Crippen LogP contribution in [0.15, 0.2) is 0 Å². The van der Waals surface area contributed by atoms with Gasteiger partial charge in [0.25, 0.3) is 0 Å². The fraction of sp³-hybridized carbons (Fsp3) is 1.00. The largest absolute Gasteiger partial charge is 0.415 e. The zero-order valence-corrected chi connectivity index (χ0v) is 6.82. The Morgan fingerprint density at radius 1 is 1.29 bits per heavy atom. The van der Waals surface area contributed by atoms with Gasteiger partial charge in [-0.1, -0.05) is 0 Å². The SMILES string of the molecule is C[Si]1O[Si](C)(C)O1. The Kier molecular flexibility index (Phi) is 1.11. The Labute approximate surface area is 46.5 Å². The number of rotatable bonds is 0. The molecule has 1 aliphatic rings. The third-order valence-electron chi connectivity index (χ3n) is 0.779. The van der Waals surface area contributed by atoms with Gasteiger partial charge in [-0.15, -0.1) is 0 Å². The van der Waals surface area contributed by atoms with Crippen LogP contribution >= 0.6 is 0 Å². The fourth-order valence-electron chi connectivity index (χ4n) is 0.700. The molecule has 1 saturated heterocycles. The molecule has 41 valence electrons. The molecule has 0 aromatic carbocycles. The van der Waals surface area contributed by atoms with Crippen LogP contribution in [-0.2, 0) is 8.23 Å². The molecule has 4 heteroatoms. The molecule has 0 unspecified atom stereocenters. The predicted octanol–water partition coefficient (Wildman–Crippen LogP) is 0.853. The van der Waals surface area contributed by atoms with Crippen LogP contribution in [0, 0.1) is 0 Å². The average molecular weight is 133 g/mol. The van der Waals surface area contributed by atoms with E-state index in [-0.39, 0.29) is 0 Å². The third-order valence-corrected chi connectivity index (χ3v) is 7.01. The highest BCUT2D eigenvalue weighted by molar-refractivity contribution is 6.83. The van der Waals surface area contributed by atoms with Crippen LogP contribution in [0.1, 0.15) is 0 Å². The lowest BCUT2D eigenvalue weighted by Gasteiger charge is -2.37. The molecule has 0 saturated carbocycles. The molecule has 7 heavy (non-hydrogen) atoms. The molecular weight excluding hydrogens is 124 g/mol. The monoisotopic (exact) mass is 133 g/mol. The lowest BCUT2D eigenvalue weighted by atomic mass is 11.9. The molecule has 1 rings (SSSR count). The molecule has 0 aromatic heterocycles. The van der Waals surface area contributed by atoms with E-state index in [4.69, 9.17) is 8.23 Å². The van der Waals surface area contributed by atoms with Gasteiger partial charge in [0.2, 0.25) is 0 Å². The van der Waals surface area contributed by atoms with Crippen LogP contribution in [0.25, 0.3) is 0 Å². The molecule has 1 heterocycles. The third kappa shape index (κ3) is 1.12. The fourth-order valence-corrected chi connectivity index (χ4v) is 6.30. The minimum atomic E-state index is -1.47. The van der Waals surface area contributed by atoms with Crippen molar-refractivity contribution in [3.05, 3.63) is 0 Å². The van der Waals surface area contributed by atoms with Gasteiger partial charge in [0.15, 0.2) is 0 Å². The van der Waals surface area contributed by atoms with E-state index in [1.54, 1.807) is 0 Å². The Balaban J connectivity index is 2.29. The average Bonchev–Trinajstić information content (AvgIpc) is 1.27. The molecule has 0 N–H and O–H groups in total. The van der Waals surface area contributed by atoms with Crippen molar-refractivity contribution in [2.24, 2.45) is 0 Å². The minimum Gasteiger partial charge on any atom is -0.415 e. The first-order chi connectivity index (χ1) is 3.10. The van der Waals surface area contributed by atoms with Crippen molar-refractivity contribution in [1.82, 2.24) is 0 Å². The van der Waals surface area contributed by atoms with Gasteiger partial charge in [-0.3, -0.25) is 0 Å². The standard InChI is InChI=1S/C3H9O2Si2/c1-6-4-7(2,3)5-6/h1-3H3. The van der Waals surface area contributed by atoms with Crippen LogP contribution in [0.4, 0.5) is 0 Å². The number of hydrogen-bond donors (Lipinski definition) is 0. The molecule has 0 spiro atoms. The van der Waals surface area contributed by atoms with Crippen LogP contribution < -0.4 is 0 Å². The van der Waals surface area contributed by atoms with Crippen LogP contribution in [0.2, 0.25) is 19.6 Å². The van der Waals surface area contributed by atoms with E-state index < -0.39 is 17.8 Å². The summed E-state index contributed by atoms with van der Waals surface area (Å²) in [5.41, 5.74) is 0. The first kappa shape index (κ1) is 5.49. The van der Waals surface area contributed by atoms with Gasteiger partial charge in [0.1, 0.15) is 0 Å². The molecule has 2 nitrogen and oxygen atoms in total. The number of hydrogen-bond acceptors (Lipinski definition) is 2. The zero-order valence-electron chi connectivity index (χ0n) is 4.82. The second-order valence-electron chi connectivity index (χ2n) is 2.10. The van der Waals surface area contributed by atoms with Crippen molar-refractivity contribution in [3.8, 4) is 0 Å². The molecule has 0 aromatic rings. The maximum atomic E-state index is 5.34. The van der Waals surface area contributed by atoms with Crippen molar-refractivity contribution < 1.29 is 8.23 Å². The summed E-state index contributed by atoms with van der Waals surface area (Å²) < 4.78 is 10.7. The molecule has 0 atom stereocenters. The minimum absolute atomic E-state index is 0.738. The van der Waals surface area contributed by atoms with E-state index in [2.05, 4.69) is 13.1 Å². The molecule has 0 bridgehead atoms. The highest BCUT2D eigenvalue weighted by Crippen LogP contribution is 2.19. The summed E-state index contributed by atoms with van der Waals surface area (Å²) in [5, 5.41) is 0. The van der Waals surface area contributed by atoms with E-state index in [0.717, 1.165) is 0 Å². The summed E-state index contributed by atoms with van der Waals surface area (Å²) in [4.78, 5) is 0. The summed E-state index contributed by atoms with van der Waals surface area (Å²) >= 11 is 0. The quantitative estimate of drug-likeness (QED) is 0.456. The maximum absolute atomic E-state index is 5.34. The van der Waals surface area contributed by atoms with Crippen LogP contribution in [-0.4, -0.2) is 17.8 Å². The zero-order chi connectivity index (χ0) is 5.49. The molecule has 1 fully saturated rings. The summed E-state index contributed by atoms with van der Waals surface area (Å²) in [6.07, 6.45) is 0. The summed E-state index contributed by atoms with van der Waals surface area (Å²) in [7, 11) is -2.21. The first-order valence-corrected chi connectivity index (χ1v) is 6.95. The molecular formula is C3H9O2Si2. The van der Waals surface area contributed by atoms with Gasteiger partial charge in [0.05, 0.1) is 0 Å². The van der Waals surface area contributed by atoms with Crippen LogP contribution in [0.3, 0.4) is 0 Å². The second-order valence-corrected chi connectivity index (χ2v) is 7.51. The van der Waals surface area contributed by atoms with E-state index in [1.807, 2.05) is 6.55 Å².